The summed E-state index contributed by atoms with van der Waals surface area (Å²) in [5, 5.41) is 16.6. The monoisotopic (exact) mass is 441 g/mol. The number of hydrogen-bond acceptors (Lipinski definition) is 4. The van der Waals surface area contributed by atoms with Crippen LogP contribution in [0.25, 0.3) is 5.69 Å². The summed E-state index contributed by atoms with van der Waals surface area (Å²) in [6.45, 7) is 0.430. The zero-order valence-electron chi connectivity index (χ0n) is 14.8. The number of nitrogen functional groups attached to an aromatic ring is 1. The number of nitrogens with one attached hydrogen (secondary N) is 1. The summed E-state index contributed by atoms with van der Waals surface area (Å²) in [7, 11) is 0. The smallest absolute Gasteiger partial charge is 0.251 e. The van der Waals surface area contributed by atoms with Crippen molar-refractivity contribution in [2.45, 2.75) is 12.8 Å². The van der Waals surface area contributed by atoms with E-state index in [1.165, 1.54) is 16.8 Å². The first-order chi connectivity index (χ1) is 13.5. The van der Waals surface area contributed by atoms with Gasteiger partial charge in [-0.1, -0.05) is 22.0 Å². The van der Waals surface area contributed by atoms with Crippen LogP contribution in [0.1, 0.15) is 28.0 Å². The molecule has 6 nitrogen and oxygen atoms in total. The Hall–Kier alpha value is -3.18. The molecule has 1 aromatic heterocycles. The van der Waals surface area contributed by atoms with Crippen molar-refractivity contribution in [3.63, 3.8) is 0 Å². The second kappa shape index (κ2) is 8.67. The van der Waals surface area contributed by atoms with Gasteiger partial charge in [0, 0.05) is 16.6 Å². The van der Waals surface area contributed by atoms with Gasteiger partial charge in [-0.3, -0.25) is 4.79 Å². The zero-order chi connectivity index (χ0) is 20.1. The average molecular weight is 442 g/mol. The standard InChI is InChI=1S/C20H17BrFN5O/c21-14-4-1-3-13(11-14)20(28)25-10-2-5-18-17(12-23)19(24)27(26-18)16-8-6-15(22)7-9-16/h1,3-4,6-9,11H,2,5,10,24H2,(H,25,28). The number of benzene rings is 2. The topological polar surface area (TPSA) is 96.7 Å². The molecule has 3 rings (SSSR count). The van der Waals surface area contributed by atoms with E-state index in [0.717, 1.165) is 4.47 Å². The average Bonchev–Trinajstić information content (AvgIpc) is 3.01. The van der Waals surface area contributed by atoms with E-state index in [-0.39, 0.29) is 17.5 Å². The Morgan fingerprint density at radius 3 is 2.71 bits per heavy atom. The number of carbonyl (C=O) groups is 1. The van der Waals surface area contributed by atoms with Crippen molar-refractivity contribution in [2.24, 2.45) is 0 Å². The fourth-order valence-corrected chi connectivity index (χ4v) is 3.14. The number of rotatable bonds is 6. The van der Waals surface area contributed by atoms with Crippen molar-refractivity contribution in [3.8, 4) is 11.8 Å². The van der Waals surface area contributed by atoms with Gasteiger partial charge in [0.25, 0.3) is 5.91 Å². The number of aromatic nitrogens is 2. The molecule has 0 atom stereocenters. The molecule has 0 fully saturated rings. The van der Waals surface area contributed by atoms with Gasteiger partial charge in [-0.15, -0.1) is 0 Å². The Kier molecular flexibility index (Phi) is 6.06. The second-order valence-electron chi connectivity index (χ2n) is 6.08. The Balaban J connectivity index is 1.64. The van der Waals surface area contributed by atoms with E-state index in [1.807, 2.05) is 6.07 Å². The molecule has 0 saturated heterocycles. The van der Waals surface area contributed by atoms with E-state index >= 15 is 0 Å². The summed E-state index contributed by atoms with van der Waals surface area (Å²) < 4.78 is 15.4. The predicted molar refractivity (Wildman–Crippen MR) is 107 cm³/mol. The predicted octanol–water partition coefficient (Wildman–Crippen LogP) is 3.59. The van der Waals surface area contributed by atoms with Gasteiger partial charge in [-0.25, -0.2) is 9.07 Å². The maximum absolute atomic E-state index is 13.1. The number of halogens is 2. The Morgan fingerprint density at radius 2 is 2.04 bits per heavy atom. The van der Waals surface area contributed by atoms with Crippen LogP contribution >= 0.6 is 15.9 Å². The molecule has 0 bridgehead atoms. The van der Waals surface area contributed by atoms with Gasteiger partial charge in [0.15, 0.2) is 0 Å². The summed E-state index contributed by atoms with van der Waals surface area (Å²) in [6.07, 6.45) is 1.06. The Morgan fingerprint density at radius 1 is 1.29 bits per heavy atom. The highest BCUT2D eigenvalue weighted by atomic mass is 79.9. The van der Waals surface area contributed by atoms with Crippen molar-refractivity contribution in [3.05, 3.63) is 75.6 Å². The molecule has 3 aromatic rings. The summed E-state index contributed by atoms with van der Waals surface area (Å²) in [4.78, 5) is 12.1. The number of amides is 1. The first kappa shape index (κ1) is 19.6. The van der Waals surface area contributed by atoms with Gasteiger partial charge >= 0.3 is 0 Å². The number of nitrogens with zero attached hydrogens (tertiary/aromatic N) is 3. The lowest BCUT2D eigenvalue weighted by Gasteiger charge is -2.05. The molecule has 1 amide bonds. The summed E-state index contributed by atoms with van der Waals surface area (Å²) in [5.74, 6) is -0.322. The van der Waals surface area contributed by atoms with Crippen LogP contribution in [0.3, 0.4) is 0 Å². The lowest BCUT2D eigenvalue weighted by atomic mass is 10.1. The lowest BCUT2D eigenvalue weighted by molar-refractivity contribution is 0.0953. The van der Waals surface area contributed by atoms with Crippen LogP contribution in [0, 0.1) is 17.1 Å². The molecule has 0 aliphatic heterocycles. The normalized spacial score (nSPS) is 10.5. The molecule has 0 saturated carbocycles. The van der Waals surface area contributed by atoms with E-state index in [0.29, 0.717) is 41.9 Å². The first-order valence-corrected chi connectivity index (χ1v) is 9.36. The van der Waals surface area contributed by atoms with Gasteiger partial charge in [-0.2, -0.15) is 10.4 Å². The first-order valence-electron chi connectivity index (χ1n) is 8.57. The zero-order valence-corrected chi connectivity index (χ0v) is 16.4. The molecular weight excluding hydrogens is 425 g/mol. The maximum Gasteiger partial charge on any atom is 0.251 e. The van der Waals surface area contributed by atoms with Gasteiger partial charge < -0.3 is 11.1 Å². The van der Waals surface area contributed by atoms with Crippen LogP contribution in [-0.4, -0.2) is 22.2 Å². The Labute approximate surface area is 169 Å². The third-order valence-corrected chi connectivity index (χ3v) is 4.63. The van der Waals surface area contributed by atoms with Crippen LogP contribution in [0.15, 0.2) is 53.0 Å². The number of aryl methyl sites for hydroxylation is 1. The maximum atomic E-state index is 13.1. The molecule has 142 valence electrons. The number of hydrogen-bond donors (Lipinski definition) is 2. The molecule has 28 heavy (non-hydrogen) atoms. The van der Waals surface area contributed by atoms with E-state index in [4.69, 9.17) is 5.73 Å². The van der Waals surface area contributed by atoms with Crippen molar-refractivity contribution in [2.75, 3.05) is 12.3 Å². The molecule has 1 heterocycles. The number of nitrogens with two attached hydrogens (primary N) is 1. The molecule has 8 heteroatoms. The molecular formula is C20H17BrFN5O. The SMILES string of the molecule is N#Cc1c(CCCNC(=O)c2cccc(Br)c2)nn(-c2ccc(F)cc2)c1N. The van der Waals surface area contributed by atoms with Gasteiger partial charge in [0.05, 0.1) is 11.4 Å². The minimum Gasteiger partial charge on any atom is -0.382 e. The second-order valence-corrected chi connectivity index (χ2v) is 6.99. The highest BCUT2D eigenvalue weighted by Crippen LogP contribution is 2.21. The van der Waals surface area contributed by atoms with Crippen molar-refractivity contribution in [1.29, 1.82) is 5.26 Å². The van der Waals surface area contributed by atoms with Crippen molar-refractivity contribution in [1.82, 2.24) is 15.1 Å². The highest BCUT2D eigenvalue weighted by Gasteiger charge is 2.16. The van der Waals surface area contributed by atoms with Crippen LogP contribution in [0.4, 0.5) is 10.2 Å². The molecule has 0 aliphatic rings. The van der Waals surface area contributed by atoms with E-state index in [9.17, 15) is 14.4 Å². The fourth-order valence-electron chi connectivity index (χ4n) is 2.74. The molecule has 2 aromatic carbocycles. The van der Waals surface area contributed by atoms with E-state index < -0.39 is 0 Å². The third kappa shape index (κ3) is 4.38. The van der Waals surface area contributed by atoms with E-state index in [2.05, 4.69) is 32.4 Å². The van der Waals surface area contributed by atoms with Crippen LogP contribution in [0.2, 0.25) is 0 Å². The number of anilines is 1. The minimum absolute atomic E-state index is 0.168. The van der Waals surface area contributed by atoms with Crippen molar-refractivity contribution < 1.29 is 9.18 Å². The summed E-state index contributed by atoms with van der Waals surface area (Å²) in [5.41, 5.74) is 8.01. The molecule has 0 radical (unpaired) electrons. The molecule has 0 aliphatic carbocycles. The third-order valence-electron chi connectivity index (χ3n) is 4.14. The molecule has 0 spiro atoms. The van der Waals surface area contributed by atoms with Crippen LogP contribution < -0.4 is 11.1 Å². The molecule has 3 N–H and O–H groups in total. The molecule has 0 unspecified atom stereocenters. The van der Waals surface area contributed by atoms with Gasteiger partial charge in [0.2, 0.25) is 0 Å². The van der Waals surface area contributed by atoms with Gasteiger partial charge in [-0.05, 0) is 55.3 Å². The Bertz CT molecular complexity index is 1040. The van der Waals surface area contributed by atoms with Gasteiger partial charge in [0.1, 0.15) is 23.3 Å². The minimum atomic E-state index is -0.364. The van der Waals surface area contributed by atoms with E-state index in [1.54, 1.807) is 30.3 Å². The lowest BCUT2D eigenvalue weighted by Crippen LogP contribution is -2.24. The summed E-state index contributed by atoms with van der Waals surface area (Å²) in [6, 6.07) is 14.9. The number of carbonyl (C=O) groups excluding carboxylic acids is 1. The van der Waals surface area contributed by atoms with Crippen molar-refractivity contribution >= 4 is 27.7 Å². The number of nitriles is 1. The largest absolute Gasteiger partial charge is 0.382 e. The van der Waals surface area contributed by atoms with Crippen LogP contribution in [-0.2, 0) is 6.42 Å². The quantitative estimate of drug-likeness (QED) is 0.571. The fraction of sp³-hybridized carbons (Fsp3) is 0.150. The summed E-state index contributed by atoms with van der Waals surface area (Å²) >= 11 is 3.34. The van der Waals surface area contributed by atoms with Crippen LogP contribution in [0.5, 0.6) is 0 Å². The highest BCUT2D eigenvalue weighted by molar-refractivity contribution is 9.10.